The zero-order valence-electron chi connectivity index (χ0n) is 21.0. The van der Waals surface area contributed by atoms with E-state index in [1.807, 2.05) is 61.5 Å². The summed E-state index contributed by atoms with van der Waals surface area (Å²) >= 11 is 0. The van der Waals surface area contributed by atoms with Crippen molar-refractivity contribution in [1.82, 2.24) is 4.98 Å². The molecule has 0 spiro atoms. The van der Waals surface area contributed by atoms with Gasteiger partial charge in [0.1, 0.15) is 36.2 Å². The number of carbonyl (C=O) groups excluding carboxylic acids is 1. The second kappa shape index (κ2) is 12.4. The number of nitrogens with zero attached hydrogens (tertiary/aromatic N) is 2. The average Bonchev–Trinajstić information content (AvgIpc) is 3.31. The monoisotopic (exact) mass is 500 g/mol. The van der Waals surface area contributed by atoms with Gasteiger partial charge >= 0.3 is 5.97 Å². The van der Waals surface area contributed by atoms with Crippen molar-refractivity contribution in [3.8, 4) is 23.0 Å². The molecule has 0 atom stereocenters. The van der Waals surface area contributed by atoms with Gasteiger partial charge in [-0.25, -0.2) is 9.78 Å². The Kier molecular flexibility index (Phi) is 8.54. The minimum absolute atomic E-state index is 0.0855. The predicted molar refractivity (Wildman–Crippen MR) is 138 cm³/mol. The van der Waals surface area contributed by atoms with Gasteiger partial charge in [0, 0.05) is 11.1 Å². The lowest BCUT2D eigenvalue weighted by Crippen LogP contribution is -2.19. The molecule has 0 N–H and O–H groups in total. The van der Waals surface area contributed by atoms with E-state index in [0.717, 1.165) is 22.6 Å². The average molecular weight is 501 g/mol. The second-order valence-electron chi connectivity index (χ2n) is 7.98. The van der Waals surface area contributed by atoms with Crippen LogP contribution in [0.15, 0.2) is 88.4 Å². The lowest BCUT2D eigenvalue weighted by Gasteiger charge is -2.08. The first kappa shape index (κ1) is 25.5. The number of aryl methyl sites for hydroxylation is 1. The topological polar surface area (TPSA) is 92.4 Å². The molecule has 0 fully saturated rings. The van der Waals surface area contributed by atoms with Crippen molar-refractivity contribution in [2.45, 2.75) is 27.1 Å². The van der Waals surface area contributed by atoms with E-state index in [9.17, 15) is 4.79 Å². The normalized spacial score (nSPS) is 11.2. The molecule has 1 heterocycles. The molecule has 37 heavy (non-hydrogen) atoms. The van der Waals surface area contributed by atoms with Crippen LogP contribution in [0.2, 0.25) is 0 Å². The summed E-state index contributed by atoms with van der Waals surface area (Å²) in [6.45, 7) is 4.29. The summed E-state index contributed by atoms with van der Waals surface area (Å²) in [6, 6.07) is 24.1. The molecule has 0 saturated heterocycles. The van der Waals surface area contributed by atoms with E-state index in [1.54, 1.807) is 38.3 Å². The number of methoxy groups -OCH3 is 1. The highest BCUT2D eigenvalue weighted by molar-refractivity contribution is 6.43. The van der Waals surface area contributed by atoms with Crippen LogP contribution in [0.3, 0.4) is 0 Å². The third-order valence-electron chi connectivity index (χ3n) is 5.43. The highest BCUT2D eigenvalue weighted by Crippen LogP contribution is 2.23. The number of benzene rings is 3. The molecule has 8 nitrogen and oxygen atoms in total. The van der Waals surface area contributed by atoms with Gasteiger partial charge in [0.15, 0.2) is 5.71 Å². The van der Waals surface area contributed by atoms with Crippen molar-refractivity contribution in [2.75, 3.05) is 13.7 Å². The predicted octanol–water partition coefficient (Wildman–Crippen LogP) is 5.72. The van der Waals surface area contributed by atoms with Crippen LogP contribution in [-0.4, -0.2) is 30.4 Å². The van der Waals surface area contributed by atoms with E-state index in [4.69, 9.17) is 23.5 Å². The molecule has 0 bridgehead atoms. The number of oxazole rings is 1. The third kappa shape index (κ3) is 6.76. The summed E-state index contributed by atoms with van der Waals surface area (Å²) in [5.74, 6) is 2.08. The zero-order valence-corrected chi connectivity index (χ0v) is 21.0. The molecule has 1 aromatic heterocycles. The first-order chi connectivity index (χ1) is 18.1. The van der Waals surface area contributed by atoms with Crippen LogP contribution in [0.4, 0.5) is 0 Å². The molecule has 0 aliphatic carbocycles. The van der Waals surface area contributed by atoms with Crippen LogP contribution < -0.4 is 9.47 Å². The Bertz CT molecular complexity index is 1330. The molecular formula is C29H28N2O6. The van der Waals surface area contributed by atoms with Gasteiger partial charge in [-0.1, -0.05) is 35.5 Å². The molecule has 0 aliphatic rings. The quantitative estimate of drug-likeness (QED) is 0.148. The lowest BCUT2D eigenvalue weighted by molar-refractivity contribution is -0.135. The van der Waals surface area contributed by atoms with Crippen molar-refractivity contribution in [3.05, 3.63) is 101 Å². The van der Waals surface area contributed by atoms with Gasteiger partial charge in [0.2, 0.25) is 5.89 Å². The summed E-state index contributed by atoms with van der Waals surface area (Å²) in [7, 11) is 1.58. The Morgan fingerprint density at radius 1 is 0.919 bits per heavy atom. The standard InChI is InChI=1S/C29H28N2O6/c1-4-34-29(32)27(22-12-16-24(33-3)17-13-22)31-36-18-21-10-14-25(15-11-21)35-19-26-20(2)37-28(30-26)23-8-6-5-7-9-23/h5-17H,4,18-19H2,1-3H3. The van der Waals surface area contributed by atoms with Crippen molar-refractivity contribution in [1.29, 1.82) is 0 Å². The van der Waals surface area contributed by atoms with Gasteiger partial charge in [-0.3, -0.25) is 0 Å². The number of esters is 1. The molecule has 0 radical (unpaired) electrons. The second-order valence-corrected chi connectivity index (χ2v) is 7.98. The van der Waals surface area contributed by atoms with Gasteiger partial charge in [0.05, 0.1) is 13.7 Å². The van der Waals surface area contributed by atoms with E-state index in [2.05, 4.69) is 10.1 Å². The SMILES string of the molecule is CCOC(=O)C(=NOCc1ccc(OCc2nc(-c3ccccc3)oc2C)cc1)c1ccc(OC)cc1. The van der Waals surface area contributed by atoms with Crippen LogP contribution in [0.1, 0.15) is 29.5 Å². The summed E-state index contributed by atoms with van der Waals surface area (Å²) in [5.41, 5.74) is 3.18. The molecule has 3 aromatic carbocycles. The van der Waals surface area contributed by atoms with Crippen LogP contribution in [0.5, 0.6) is 11.5 Å². The fourth-order valence-corrected chi connectivity index (χ4v) is 3.43. The minimum atomic E-state index is -0.560. The lowest BCUT2D eigenvalue weighted by atomic mass is 10.1. The van der Waals surface area contributed by atoms with Crippen LogP contribution in [0.25, 0.3) is 11.5 Å². The number of carbonyl (C=O) groups is 1. The molecular weight excluding hydrogens is 472 g/mol. The molecule has 190 valence electrons. The number of oxime groups is 1. The number of ether oxygens (including phenoxy) is 3. The maximum absolute atomic E-state index is 12.4. The first-order valence-corrected chi connectivity index (χ1v) is 11.8. The largest absolute Gasteiger partial charge is 0.497 e. The van der Waals surface area contributed by atoms with E-state index in [-0.39, 0.29) is 25.5 Å². The molecule has 0 unspecified atom stereocenters. The van der Waals surface area contributed by atoms with Crippen molar-refractivity contribution in [2.24, 2.45) is 5.16 Å². The Morgan fingerprint density at radius 2 is 1.62 bits per heavy atom. The van der Waals surface area contributed by atoms with E-state index in [1.165, 1.54) is 0 Å². The fourth-order valence-electron chi connectivity index (χ4n) is 3.43. The van der Waals surface area contributed by atoms with E-state index < -0.39 is 5.97 Å². The van der Waals surface area contributed by atoms with Gasteiger partial charge < -0.3 is 23.5 Å². The van der Waals surface area contributed by atoms with E-state index >= 15 is 0 Å². The first-order valence-electron chi connectivity index (χ1n) is 11.8. The zero-order chi connectivity index (χ0) is 26.0. The summed E-state index contributed by atoms with van der Waals surface area (Å²) in [5, 5.41) is 4.05. The molecule has 4 aromatic rings. The van der Waals surface area contributed by atoms with Crippen LogP contribution in [-0.2, 0) is 27.6 Å². The van der Waals surface area contributed by atoms with Crippen molar-refractivity contribution >= 4 is 11.7 Å². The number of aromatic nitrogens is 1. The van der Waals surface area contributed by atoms with Gasteiger partial charge in [0.25, 0.3) is 0 Å². The number of hydrogen-bond acceptors (Lipinski definition) is 8. The van der Waals surface area contributed by atoms with Crippen molar-refractivity contribution < 1.29 is 28.3 Å². The maximum atomic E-state index is 12.4. The summed E-state index contributed by atoms with van der Waals surface area (Å²) in [4.78, 5) is 22.4. The Morgan fingerprint density at radius 3 is 2.30 bits per heavy atom. The summed E-state index contributed by atoms with van der Waals surface area (Å²) in [6.07, 6.45) is 0. The highest BCUT2D eigenvalue weighted by Gasteiger charge is 2.17. The fraction of sp³-hybridized carbons (Fsp3) is 0.207. The molecule has 0 aliphatic heterocycles. The number of rotatable bonds is 11. The maximum Gasteiger partial charge on any atom is 0.361 e. The van der Waals surface area contributed by atoms with Crippen LogP contribution >= 0.6 is 0 Å². The molecule has 0 amide bonds. The van der Waals surface area contributed by atoms with Crippen LogP contribution in [0, 0.1) is 6.92 Å². The Hall–Kier alpha value is -4.59. The van der Waals surface area contributed by atoms with Gasteiger partial charge in [-0.05, 0) is 67.9 Å². The number of hydrogen-bond donors (Lipinski definition) is 0. The minimum Gasteiger partial charge on any atom is -0.497 e. The Balaban J connectivity index is 1.35. The van der Waals surface area contributed by atoms with Gasteiger partial charge in [-0.2, -0.15) is 0 Å². The van der Waals surface area contributed by atoms with Crippen molar-refractivity contribution in [3.63, 3.8) is 0 Å². The molecule has 4 rings (SSSR count). The van der Waals surface area contributed by atoms with E-state index in [0.29, 0.717) is 23.0 Å². The third-order valence-corrected chi connectivity index (χ3v) is 5.43. The Labute approximate surface area is 215 Å². The summed E-state index contributed by atoms with van der Waals surface area (Å²) < 4.78 is 22.0. The molecule has 8 heteroatoms. The molecule has 0 saturated carbocycles. The van der Waals surface area contributed by atoms with Gasteiger partial charge in [-0.15, -0.1) is 0 Å². The highest BCUT2D eigenvalue weighted by atomic mass is 16.6. The smallest absolute Gasteiger partial charge is 0.361 e.